The molecule has 4 rings (SSSR count). The molecule has 0 aliphatic heterocycles. The molecule has 0 saturated heterocycles. The number of fused-ring (bicyclic) bond motifs is 1. The van der Waals surface area contributed by atoms with Crippen molar-refractivity contribution in [1.29, 1.82) is 5.26 Å². The van der Waals surface area contributed by atoms with Gasteiger partial charge in [-0.3, -0.25) is 4.98 Å². The van der Waals surface area contributed by atoms with E-state index < -0.39 is 45.9 Å². The number of hydrogen-bond donors (Lipinski definition) is 0. The first kappa shape index (κ1) is 24.4. The van der Waals surface area contributed by atoms with Crippen molar-refractivity contribution in [3.05, 3.63) is 82.3 Å². The van der Waals surface area contributed by atoms with Gasteiger partial charge in [-0.15, -0.1) is 0 Å². The predicted molar refractivity (Wildman–Crippen MR) is 117 cm³/mol. The topological polar surface area (TPSA) is 72.2 Å². The molecule has 4 aromatic rings. The fourth-order valence-electron chi connectivity index (χ4n) is 3.25. The largest absolute Gasteiger partial charge is 0.496 e. The number of aromatic nitrogens is 1. The molecule has 1 heterocycles. The molecule has 1 aromatic heterocycles. The summed E-state index contributed by atoms with van der Waals surface area (Å²) in [4.78, 5) is 4.20. The summed E-state index contributed by atoms with van der Waals surface area (Å²) in [5.74, 6) is -12.6. The van der Waals surface area contributed by atoms with Crippen molar-refractivity contribution in [2.75, 3.05) is 7.11 Å². The highest BCUT2D eigenvalue weighted by Crippen LogP contribution is 2.37. The maximum atomic E-state index is 13.9. The van der Waals surface area contributed by atoms with E-state index >= 15 is 0 Å². The van der Waals surface area contributed by atoms with Gasteiger partial charge in [0.15, 0.2) is 0 Å². The second-order valence-corrected chi connectivity index (χ2v) is 8.42. The molecular formula is C23H10ClF5N2O3S. The maximum Gasteiger partial charge on any atom is 0.240 e. The molecule has 12 heteroatoms. The van der Waals surface area contributed by atoms with Crippen LogP contribution in [0.25, 0.3) is 22.0 Å². The number of ether oxygens (including phenoxy) is 1. The average molecular weight is 525 g/mol. The Morgan fingerprint density at radius 2 is 1.63 bits per heavy atom. The molecule has 178 valence electrons. The van der Waals surface area contributed by atoms with E-state index in [-0.39, 0.29) is 15.5 Å². The van der Waals surface area contributed by atoms with Gasteiger partial charge in [-0.25, -0.2) is 17.4 Å². The van der Waals surface area contributed by atoms with Gasteiger partial charge in [0, 0.05) is 23.2 Å². The SMILES string of the molecule is COc1cc(Cl)c(C#N)cc1-c1nccc2cc(S(=O)Oc3c(F)c(F)c(F)c(F)c3F)ccc12. The van der Waals surface area contributed by atoms with Gasteiger partial charge in [-0.05, 0) is 29.7 Å². The van der Waals surface area contributed by atoms with Crippen LogP contribution >= 0.6 is 11.6 Å². The zero-order chi connectivity index (χ0) is 25.4. The van der Waals surface area contributed by atoms with Crippen LogP contribution in [-0.2, 0) is 11.1 Å². The number of halogens is 6. The van der Waals surface area contributed by atoms with Gasteiger partial charge in [0.2, 0.25) is 45.9 Å². The van der Waals surface area contributed by atoms with E-state index in [1.165, 1.54) is 49.7 Å². The molecule has 0 N–H and O–H groups in total. The zero-order valence-electron chi connectivity index (χ0n) is 17.3. The Bertz CT molecular complexity index is 1550. The molecule has 3 aromatic carbocycles. The predicted octanol–water partition coefficient (Wildman–Crippen LogP) is 6.23. The van der Waals surface area contributed by atoms with Crippen molar-refractivity contribution < 1.29 is 35.1 Å². The first-order chi connectivity index (χ1) is 16.7. The van der Waals surface area contributed by atoms with Crippen molar-refractivity contribution in [2.45, 2.75) is 4.90 Å². The summed E-state index contributed by atoms with van der Waals surface area (Å²) < 4.78 is 90.4. The van der Waals surface area contributed by atoms with Gasteiger partial charge in [0.1, 0.15) is 11.8 Å². The number of benzene rings is 3. The van der Waals surface area contributed by atoms with Crippen molar-refractivity contribution in [3.8, 4) is 28.8 Å². The number of rotatable bonds is 5. The number of nitrogens with zero attached hydrogens (tertiary/aromatic N) is 2. The van der Waals surface area contributed by atoms with Crippen LogP contribution in [0.5, 0.6) is 11.5 Å². The lowest BCUT2D eigenvalue weighted by Crippen LogP contribution is -2.09. The van der Waals surface area contributed by atoms with Crippen LogP contribution in [-0.4, -0.2) is 16.3 Å². The number of pyridine rings is 1. The number of methoxy groups -OCH3 is 1. The molecule has 0 fully saturated rings. The Kier molecular flexibility index (Phi) is 6.60. The lowest BCUT2D eigenvalue weighted by atomic mass is 10.0. The summed E-state index contributed by atoms with van der Waals surface area (Å²) in [6.07, 6.45) is 1.41. The Morgan fingerprint density at radius 1 is 0.971 bits per heavy atom. The molecule has 5 nitrogen and oxygen atoms in total. The summed E-state index contributed by atoms with van der Waals surface area (Å²) in [6.45, 7) is 0. The normalized spacial score (nSPS) is 11.8. The summed E-state index contributed by atoms with van der Waals surface area (Å²) in [6, 6.07) is 10.5. The smallest absolute Gasteiger partial charge is 0.240 e. The molecule has 0 spiro atoms. The minimum absolute atomic E-state index is 0.126. The molecular weight excluding hydrogens is 515 g/mol. The minimum atomic E-state index is -2.64. The highest BCUT2D eigenvalue weighted by Gasteiger charge is 2.29. The highest BCUT2D eigenvalue weighted by atomic mass is 35.5. The molecule has 0 saturated carbocycles. The van der Waals surface area contributed by atoms with Crippen molar-refractivity contribution in [2.24, 2.45) is 0 Å². The quantitative estimate of drug-likeness (QED) is 0.176. The number of nitriles is 1. The Hall–Kier alpha value is -3.75. The molecule has 0 aliphatic carbocycles. The fraction of sp³-hybridized carbons (Fsp3) is 0.0435. The Balaban J connectivity index is 1.77. The van der Waals surface area contributed by atoms with Crippen LogP contribution in [0.4, 0.5) is 22.0 Å². The summed E-state index contributed by atoms with van der Waals surface area (Å²) >= 11 is 3.43. The highest BCUT2D eigenvalue weighted by molar-refractivity contribution is 7.80. The molecule has 0 radical (unpaired) electrons. The van der Waals surface area contributed by atoms with Gasteiger partial charge in [0.05, 0.1) is 28.3 Å². The lowest BCUT2D eigenvalue weighted by molar-refractivity contribution is 0.352. The van der Waals surface area contributed by atoms with E-state index in [0.717, 1.165) is 0 Å². The third-order valence-corrected chi connectivity index (χ3v) is 6.19. The second kappa shape index (κ2) is 9.48. The third kappa shape index (κ3) is 4.26. The van der Waals surface area contributed by atoms with E-state index in [9.17, 15) is 31.4 Å². The van der Waals surface area contributed by atoms with E-state index in [2.05, 4.69) is 9.17 Å². The van der Waals surface area contributed by atoms with Crippen LogP contribution in [0.15, 0.2) is 47.5 Å². The Labute approximate surface area is 202 Å². The van der Waals surface area contributed by atoms with E-state index in [1.807, 2.05) is 6.07 Å². The van der Waals surface area contributed by atoms with Gasteiger partial charge in [-0.1, -0.05) is 17.7 Å². The molecule has 0 amide bonds. The summed E-state index contributed by atoms with van der Waals surface area (Å²) in [7, 11) is 1.41. The van der Waals surface area contributed by atoms with Gasteiger partial charge in [-0.2, -0.15) is 14.0 Å². The Morgan fingerprint density at radius 3 is 2.26 bits per heavy atom. The molecule has 1 unspecified atom stereocenters. The van der Waals surface area contributed by atoms with E-state index in [4.69, 9.17) is 16.3 Å². The van der Waals surface area contributed by atoms with Crippen LogP contribution < -0.4 is 8.92 Å². The van der Waals surface area contributed by atoms with Crippen molar-refractivity contribution in [3.63, 3.8) is 0 Å². The van der Waals surface area contributed by atoms with Gasteiger partial charge in [0.25, 0.3) is 0 Å². The standard InChI is InChI=1S/C23H10ClF5N2O3S/c1-33-16-8-15(24)11(9-30)7-14(16)22-13-3-2-12(6-10(13)4-5-31-22)35(32)34-23-20(28)18(26)17(25)19(27)21(23)29/h2-8H,1H3. The minimum Gasteiger partial charge on any atom is -0.496 e. The molecule has 0 bridgehead atoms. The first-order valence-corrected chi connectivity index (χ1v) is 10.9. The van der Waals surface area contributed by atoms with Crippen LogP contribution in [0.2, 0.25) is 5.02 Å². The maximum absolute atomic E-state index is 13.9. The van der Waals surface area contributed by atoms with Gasteiger partial charge >= 0.3 is 0 Å². The van der Waals surface area contributed by atoms with E-state index in [0.29, 0.717) is 27.8 Å². The van der Waals surface area contributed by atoms with Crippen molar-refractivity contribution >= 4 is 33.5 Å². The van der Waals surface area contributed by atoms with Crippen LogP contribution in [0, 0.1) is 40.4 Å². The average Bonchev–Trinajstić information content (AvgIpc) is 2.87. The monoisotopic (exact) mass is 524 g/mol. The molecule has 0 aliphatic rings. The fourth-order valence-corrected chi connectivity index (χ4v) is 4.24. The molecule has 35 heavy (non-hydrogen) atoms. The van der Waals surface area contributed by atoms with Gasteiger partial charge < -0.3 is 8.92 Å². The first-order valence-electron chi connectivity index (χ1n) is 9.46. The summed E-state index contributed by atoms with van der Waals surface area (Å²) in [5, 5.41) is 10.4. The zero-order valence-corrected chi connectivity index (χ0v) is 18.9. The second-order valence-electron chi connectivity index (χ2n) is 6.90. The molecule has 1 atom stereocenters. The lowest BCUT2D eigenvalue weighted by Gasteiger charge is -2.13. The summed E-state index contributed by atoms with van der Waals surface area (Å²) in [5.41, 5.74) is 0.992. The third-order valence-electron chi connectivity index (χ3n) is 4.92. The number of hydrogen-bond acceptors (Lipinski definition) is 5. The van der Waals surface area contributed by atoms with Crippen LogP contribution in [0.1, 0.15) is 5.56 Å². The van der Waals surface area contributed by atoms with Crippen molar-refractivity contribution in [1.82, 2.24) is 4.98 Å². The van der Waals surface area contributed by atoms with E-state index in [1.54, 1.807) is 0 Å². The van der Waals surface area contributed by atoms with Crippen LogP contribution in [0.3, 0.4) is 0 Å².